The molecule has 10 nitrogen and oxygen atoms in total. The molecule has 5 rings (SSSR count). The van der Waals surface area contributed by atoms with Crippen LogP contribution in [0, 0.1) is 50.2 Å². The molecule has 0 bridgehead atoms. The summed E-state index contributed by atoms with van der Waals surface area (Å²) in [5.74, 6) is -2.72. The minimum Gasteiger partial charge on any atom is -0.468 e. The molecule has 0 aromatic rings. The zero-order valence-corrected chi connectivity index (χ0v) is 30.8. The fourth-order valence-electron chi connectivity index (χ4n) is 12.1. The number of methoxy groups -OCH3 is 2. The third-order valence-electron chi connectivity index (χ3n) is 14.3. The van der Waals surface area contributed by atoms with Gasteiger partial charge in [0.15, 0.2) is 6.10 Å². The van der Waals surface area contributed by atoms with Gasteiger partial charge in [-0.15, -0.1) is 0 Å². The van der Waals surface area contributed by atoms with Crippen LogP contribution in [0.15, 0.2) is 11.6 Å². The minimum absolute atomic E-state index is 0.0121. The maximum absolute atomic E-state index is 13.9. The summed E-state index contributed by atoms with van der Waals surface area (Å²) in [6.45, 7) is 17.1. The van der Waals surface area contributed by atoms with Crippen molar-refractivity contribution in [3.8, 4) is 0 Å². The Labute approximate surface area is 285 Å². The predicted molar refractivity (Wildman–Crippen MR) is 175 cm³/mol. The molecule has 0 aromatic carbocycles. The first-order valence-electron chi connectivity index (χ1n) is 17.6. The lowest BCUT2D eigenvalue weighted by atomic mass is 9.33. The Morgan fingerprint density at radius 1 is 0.708 bits per heavy atom. The van der Waals surface area contributed by atoms with E-state index in [1.54, 1.807) is 6.92 Å². The van der Waals surface area contributed by atoms with Crippen LogP contribution in [0.3, 0.4) is 0 Å². The van der Waals surface area contributed by atoms with Gasteiger partial charge in [-0.05, 0) is 91.8 Å². The Bertz CT molecular complexity index is 1420. The van der Waals surface area contributed by atoms with Gasteiger partial charge in [0.2, 0.25) is 0 Å². The van der Waals surface area contributed by atoms with Crippen molar-refractivity contribution in [2.75, 3.05) is 14.2 Å². The van der Waals surface area contributed by atoms with Gasteiger partial charge in [-0.25, -0.2) is 0 Å². The normalized spacial score (nSPS) is 44.2. The van der Waals surface area contributed by atoms with Crippen molar-refractivity contribution in [3.05, 3.63) is 11.6 Å². The van der Waals surface area contributed by atoms with E-state index in [9.17, 15) is 24.0 Å². The molecule has 0 saturated heterocycles. The first kappa shape index (κ1) is 36.4. The lowest BCUT2D eigenvalue weighted by Crippen LogP contribution is -2.71. The SMILES string of the molecule is COC(=O)[C@@]1(C)[C@@H]2CC[C@]3(C)[C@H](CC=C4[C@@H]5CC(C)(C)CC[C@]5(C(=O)OC)[C@H](OC(C)=O)C[C@]43C)[C@@]2(C)C[C@H](OC(C)=O)[C@@H]1OC(C)=O. The largest absolute Gasteiger partial charge is 0.468 e. The number of hydrogen-bond acceptors (Lipinski definition) is 10. The van der Waals surface area contributed by atoms with Crippen molar-refractivity contribution in [3.63, 3.8) is 0 Å². The van der Waals surface area contributed by atoms with E-state index in [1.165, 1.54) is 40.6 Å². The van der Waals surface area contributed by atoms with Crippen LogP contribution in [0.25, 0.3) is 0 Å². The average Bonchev–Trinajstić information content (AvgIpc) is 2.97. The van der Waals surface area contributed by atoms with Crippen molar-refractivity contribution >= 4 is 29.8 Å². The maximum atomic E-state index is 13.9. The number of carbonyl (C=O) groups excluding carboxylic acids is 5. The third kappa shape index (κ3) is 5.04. The van der Waals surface area contributed by atoms with Crippen LogP contribution in [0.2, 0.25) is 0 Å². The minimum atomic E-state index is -1.28. The Balaban J connectivity index is 1.70. The van der Waals surface area contributed by atoms with Gasteiger partial charge >= 0.3 is 29.8 Å². The maximum Gasteiger partial charge on any atom is 0.316 e. The van der Waals surface area contributed by atoms with E-state index in [2.05, 4.69) is 40.7 Å². The van der Waals surface area contributed by atoms with Crippen LogP contribution in [0.1, 0.15) is 114 Å². The van der Waals surface area contributed by atoms with Gasteiger partial charge < -0.3 is 23.7 Å². The second kappa shape index (κ2) is 11.9. The molecule has 0 N–H and O–H groups in total. The fourth-order valence-corrected chi connectivity index (χ4v) is 12.1. The molecule has 0 amide bonds. The summed E-state index contributed by atoms with van der Waals surface area (Å²) in [4.78, 5) is 65.5. The highest BCUT2D eigenvalue weighted by atomic mass is 16.6. The molecule has 11 atom stereocenters. The van der Waals surface area contributed by atoms with E-state index in [0.29, 0.717) is 32.1 Å². The Kier molecular flexibility index (Phi) is 8.99. The lowest BCUT2D eigenvalue weighted by Gasteiger charge is -2.71. The van der Waals surface area contributed by atoms with Crippen LogP contribution in [-0.2, 0) is 47.7 Å². The van der Waals surface area contributed by atoms with Crippen LogP contribution < -0.4 is 0 Å². The summed E-state index contributed by atoms with van der Waals surface area (Å²) < 4.78 is 28.9. The molecule has 48 heavy (non-hydrogen) atoms. The molecule has 0 unspecified atom stereocenters. The summed E-state index contributed by atoms with van der Waals surface area (Å²) >= 11 is 0. The number of allylic oxidation sites excluding steroid dienone is 2. The Morgan fingerprint density at radius 2 is 1.31 bits per heavy atom. The smallest absolute Gasteiger partial charge is 0.316 e. The summed E-state index contributed by atoms with van der Waals surface area (Å²) in [5, 5.41) is 0. The van der Waals surface area contributed by atoms with Gasteiger partial charge in [0.05, 0.1) is 14.2 Å². The van der Waals surface area contributed by atoms with Crippen LogP contribution in [-0.4, -0.2) is 62.4 Å². The van der Waals surface area contributed by atoms with E-state index in [-0.39, 0.29) is 34.6 Å². The zero-order valence-electron chi connectivity index (χ0n) is 30.8. The molecule has 5 aliphatic rings. The fraction of sp³-hybridized carbons (Fsp3) is 0.816. The second-order valence-corrected chi connectivity index (χ2v) is 17.2. The number of ether oxygens (including phenoxy) is 5. The predicted octanol–water partition coefficient (Wildman–Crippen LogP) is 6.13. The number of esters is 5. The van der Waals surface area contributed by atoms with Gasteiger partial charge in [0.1, 0.15) is 23.0 Å². The van der Waals surface area contributed by atoms with E-state index in [4.69, 9.17) is 23.7 Å². The number of fused-ring (bicyclic) bond motifs is 7. The van der Waals surface area contributed by atoms with Crippen LogP contribution >= 0.6 is 0 Å². The number of rotatable bonds is 5. The zero-order chi connectivity index (χ0) is 35.8. The van der Waals surface area contributed by atoms with Gasteiger partial charge in [0, 0.05) is 26.7 Å². The molecule has 0 aromatic heterocycles. The standard InChI is InChI=1S/C38H56O10/c1-21(39)46-26-19-34(6)27-13-12-24-25-18-33(4,5)16-17-38(25,32(43)45-11)29(47-22(2)40)20-36(24,8)35(27,7)15-14-28(34)37(9,31(42)44-10)30(26)48-23(3)41/h12,25-30H,13-20H2,1-11H3/t25-,26-,27+,28+,29+,30-,34+,35+,36+,37-,38+/m0/s1. The van der Waals surface area contributed by atoms with E-state index in [0.717, 1.165) is 19.3 Å². The molecule has 268 valence electrons. The van der Waals surface area contributed by atoms with Crippen LogP contribution in [0.4, 0.5) is 0 Å². The summed E-state index contributed by atoms with van der Waals surface area (Å²) in [6, 6.07) is 0. The van der Waals surface area contributed by atoms with Crippen molar-refractivity contribution in [1.82, 2.24) is 0 Å². The first-order valence-corrected chi connectivity index (χ1v) is 17.6. The highest BCUT2D eigenvalue weighted by Gasteiger charge is 2.74. The average molecular weight is 673 g/mol. The molecular weight excluding hydrogens is 616 g/mol. The highest BCUT2D eigenvalue weighted by molar-refractivity contribution is 5.81. The molecule has 4 saturated carbocycles. The van der Waals surface area contributed by atoms with E-state index < -0.39 is 63.8 Å². The molecule has 10 heteroatoms. The van der Waals surface area contributed by atoms with Crippen molar-refractivity contribution < 1.29 is 47.7 Å². The number of carbonyl (C=O) groups is 5. The highest BCUT2D eigenvalue weighted by Crippen LogP contribution is 2.76. The van der Waals surface area contributed by atoms with Crippen LogP contribution in [0.5, 0.6) is 0 Å². The van der Waals surface area contributed by atoms with E-state index >= 15 is 0 Å². The number of hydrogen-bond donors (Lipinski definition) is 0. The second-order valence-electron chi connectivity index (χ2n) is 17.2. The van der Waals surface area contributed by atoms with Gasteiger partial charge in [-0.1, -0.05) is 46.3 Å². The van der Waals surface area contributed by atoms with Crippen molar-refractivity contribution in [2.45, 2.75) is 132 Å². The van der Waals surface area contributed by atoms with Gasteiger partial charge in [-0.3, -0.25) is 24.0 Å². The first-order chi connectivity index (χ1) is 22.2. The van der Waals surface area contributed by atoms with E-state index in [1.807, 2.05) is 0 Å². The summed E-state index contributed by atoms with van der Waals surface area (Å²) in [5.41, 5.74) is -2.40. The molecule has 0 spiro atoms. The molecule has 4 fully saturated rings. The van der Waals surface area contributed by atoms with Gasteiger partial charge in [-0.2, -0.15) is 0 Å². The van der Waals surface area contributed by atoms with Crippen molar-refractivity contribution in [1.29, 1.82) is 0 Å². The molecule has 0 aliphatic heterocycles. The third-order valence-corrected chi connectivity index (χ3v) is 14.3. The molecule has 5 aliphatic carbocycles. The Morgan fingerprint density at radius 3 is 1.88 bits per heavy atom. The molecular formula is C38H56O10. The topological polar surface area (TPSA) is 132 Å². The summed E-state index contributed by atoms with van der Waals surface area (Å²) in [7, 11) is 2.76. The molecule has 0 radical (unpaired) electrons. The Hall–Kier alpha value is -2.91. The van der Waals surface area contributed by atoms with Crippen molar-refractivity contribution in [2.24, 2.45) is 50.2 Å². The quantitative estimate of drug-likeness (QED) is 0.191. The summed E-state index contributed by atoms with van der Waals surface area (Å²) in [6.07, 6.45) is 4.90. The lowest BCUT2D eigenvalue weighted by molar-refractivity contribution is -0.254. The van der Waals surface area contributed by atoms with Gasteiger partial charge in [0.25, 0.3) is 0 Å². The monoisotopic (exact) mass is 672 g/mol. The molecule has 0 heterocycles.